The molecule has 5 N–H and O–H groups in total. The molecule has 0 aliphatic rings. The van der Waals surface area contributed by atoms with Crippen molar-refractivity contribution in [2.24, 2.45) is 5.73 Å². The largest absolute Gasteiger partial charge is 0.492 e. The van der Waals surface area contributed by atoms with Gasteiger partial charge in [0.15, 0.2) is 0 Å². The zero-order valence-electron chi connectivity index (χ0n) is 10.4. The van der Waals surface area contributed by atoms with E-state index in [0.717, 1.165) is 6.07 Å². The molecule has 0 fully saturated rings. The van der Waals surface area contributed by atoms with Crippen molar-refractivity contribution in [1.29, 1.82) is 0 Å². The van der Waals surface area contributed by atoms with Crippen LogP contribution in [0.5, 0.6) is 11.8 Å². The maximum Gasteiger partial charge on any atom is 0.333 e. The highest BCUT2D eigenvalue weighted by Gasteiger charge is 2.20. The first kappa shape index (κ1) is 15.3. The summed E-state index contributed by atoms with van der Waals surface area (Å²) in [6, 6.07) is 0.857. The number of aromatic hydroxyl groups is 2. The molecule has 1 amide bonds. The molecule has 0 spiro atoms. The highest BCUT2D eigenvalue weighted by Crippen LogP contribution is 2.25. The Bertz CT molecular complexity index is 535. The highest BCUT2D eigenvalue weighted by atomic mass is 16.7. The summed E-state index contributed by atoms with van der Waals surface area (Å²) in [5.41, 5.74) is 4.55. The number of hydrogen-bond acceptors (Lipinski definition) is 6. The number of aromatic nitrogens is 1. The van der Waals surface area contributed by atoms with E-state index < -0.39 is 29.6 Å². The minimum Gasteiger partial charge on any atom is -0.492 e. The van der Waals surface area contributed by atoms with Crippen LogP contribution in [0.3, 0.4) is 0 Å². The van der Waals surface area contributed by atoms with Crippen LogP contribution in [0.15, 0.2) is 6.07 Å². The summed E-state index contributed by atoms with van der Waals surface area (Å²) in [6.07, 6.45) is 0.395. The van der Waals surface area contributed by atoms with Crippen LogP contribution < -0.4 is 10.6 Å². The number of primary amides is 1. The molecule has 1 heterocycles. The minimum atomic E-state index is -0.992. The molecule has 0 aromatic carbocycles. The van der Waals surface area contributed by atoms with E-state index in [9.17, 15) is 24.6 Å². The summed E-state index contributed by atoms with van der Waals surface area (Å²) in [4.78, 5) is 37.2. The average Bonchev–Trinajstić information content (AvgIpc) is 2.62. The van der Waals surface area contributed by atoms with Gasteiger partial charge in [0.1, 0.15) is 5.56 Å². The predicted molar refractivity (Wildman–Crippen MR) is 64.0 cm³/mol. The molecule has 0 bridgehead atoms. The monoisotopic (exact) mass is 286 g/mol. The molecule has 1 aromatic heterocycles. The zero-order chi connectivity index (χ0) is 15.3. The van der Waals surface area contributed by atoms with Gasteiger partial charge in [0.05, 0.1) is 0 Å². The van der Waals surface area contributed by atoms with E-state index in [4.69, 9.17) is 10.8 Å². The smallest absolute Gasteiger partial charge is 0.333 e. The van der Waals surface area contributed by atoms with Crippen LogP contribution in [-0.4, -0.2) is 37.9 Å². The third-order valence-electron chi connectivity index (χ3n) is 2.39. The van der Waals surface area contributed by atoms with E-state index in [1.807, 2.05) is 0 Å². The Balaban J connectivity index is 2.58. The van der Waals surface area contributed by atoms with Gasteiger partial charge in [0, 0.05) is 18.9 Å². The van der Waals surface area contributed by atoms with E-state index >= 15 is 0 Å². The molecular formula is C11H14N2O7. The van der Waals surface area contributed by atoms with Crippen molar-refractivity contribution in [3.63, 3.8) is 0 Å². The summed E-state index contributed by atoms with van der Waals surface area (Å²) >= 11 is 0. The quantitative estimate of drug-likeness (QED) is 0.497. The summed E-state index contributed by atoms with van der Waals surface area (Å²) in [6.45, 7) is 0. The van der Waals surface area contributed by atoms with Crippen LogP contribution in [0.4, 0.5) is 0 Å². The lowest BCUT2D eigenvalue weighted by atomic mass is 10.2. The fourth-order valence-electron chi connectivity index (χ4n) is 1.43. The lowest BCUT2D eigenvalue weighted by Crippen LogP contribution is -2.19. The van der Waals surface area contributed by atoms with Crippen molar-refractivity contribution in [1.82, 2.24) is 4.73 Å². The lowest BCUT2D eigenvalue weighted by molar-refractivity contribution is -0.146. The average molecular weight is 286 g/mol. The number of carboxylic acid groups (broad SMARTS) is 1. The molecule has 0 saturated heterocycles. The van der Waals surface area contributed by atoms with Gasteiger partial charge in [0.2, 0.25) is 11.8 Å². The van der Waals surface area contributed by atoms with Gasteiger partial charge in [-0.25, -0.2) is 4.79 Å². The summed E-state index contributed by atoms with van der Waals surface area (Å²) in [7, 11) is 0. The van der Waals surface area contributed by atoms with Gasteiger partial charge in [-0.2, -0.15) is 0 Å². The molecule has 1 rings (SSSR count). The molecule has 0 aliphatic carbocycles. The van der Waals surface area contributed by atoms with E-state index in [1.54, 1.807) is 0 Å². The summed E-state index contributed by atoms with van der Waals surface area (Å²) in [5.74, 6) is -4.20. The molecule has 9 heteroatoms. The first-order chi connectivity index (χ1) is 9.32. The van der Waals surface area contributed by atoms with Crippen molar-refractivity contribution >= 4 is 17.8 Å². The second-order valence-electron chi connectivity index (χ2n) is 3.96. The summed E-state index contributed by atoms with van der Waals surface area (Å²) in [5, 5.41) is 27.3. The number of rotatable bonds is 7. The number of nitrogens with zero attached hydrogens (tertiary/aromatic N) is 1. The number of amides is 1. The van der Waals surface area contributed by atoms with Crippen LogP contribution in [-0.2, 0) is 9.59 Å². The van der Waals surface area contributed by atoms with Crippen molar-refractivity contribution in [2.45, 2.75) is 25.7 Å². The van der Waals surface area contributed by atoms with Crippen molar-refractivity contribution < 1.29 is 34.5 Å². The highest BCUT2D eigenvalue weighted by molar-refractivity contribution is 5.95. The van der Waals surface area contributed by atoms with Gasteiger partial charge in [-0.15, -0.1) is 4.73 Å². The molecule has 0 atom stereocenters. The van der Waals surface area contributed by atoms with Gasteiger partial charge in [0.25, 0.3) is 5.91 Å². The van der Waals surface area contributed by atoms with Gasteiger partial charge in [-0.05, 0) is 12.8 Å². The molecule has 20 heavy (non-hydrogen) atoms. The Kier molecular flexibility index (Phi) is 4.95. The molecule has 0 unspecified atom stereocenters. The zero-order valence-corrected chi connectivity index (χ0v) is 10.4. The van der Waals surface area contributed by atoms with Crippen LogP contribution in [0.2, 0.25) is 0 Å². The normalized spacial score (nSPS) is 10.2. The Morgan fingerprint density at radius 2 is 1.80 bits per heavy atom. The third kappa shape index (κ3) is 3.90. The number of carboxylic acids is 1. The van der Waals surface area contributed by atoms with Crippen molar-refractivity contribution in [2.75, 3.05) is 0 Å². The molecule has 0 radical (unpaired) electrons. The predicted octanol–water partition coefficient (Wildman–Crippen LogP) is -0.402. The Labute approximate surface area is 113 Å². The first-order valence-electron chi connectivity index (χ1n) is 5.69. The van der Waals surface area contributed by atoms with Crippen LogP contribution >= 0.6 is 0 Å². The van der Waals surface area contributed by atoms with Crippen molar-refractivity contribution in [3.8, 4) is 11.8 Å². The Morgan fingerprint density at radius 3 is 2.30 bits per heavy atom. The second kappa shape index (κ2) is 6.45. The number of hydrogen-bond donors (Lipinski definition) is 4. The Hall–Kier alpha value is -2.71. The fraction of sp³-hybridized carbons (Fsp3) is 0.364. The molecule has 0 saturated carbocycles. The number of unbranched alkanes of at least 4 members (excludes halogenated alkanes) is 1. The van der Waals surface area contributed by atoms with E-state index in [-0.39, 0.29) is 24.8 Å². The van der Waals surface area contributed by atoms with Gasteiger partial charge >= 0.3 is 11.9 Å². The topological polar surface area (TPSA) is 152 Å². The molecule has 0 aliphatic heterocycles. The maximum atomic E-state index is 11.4. The lowest BCUT2D eigenvalue weighted by Gasteiger charge is -2.06. The Morgan fingerprint density at radius 1 is 1.20 bits per heavy atom. The van der Waals surface area contributed by atoms with E-state index in [2.05, 4.69) is 4.84 Å². The third-order valence-corrected chi connectivity index (χ3v) is 2.39. The second-order valence-corrected chi connectivity index (χ2v) is 3.96. The molecule has 1 aromatic rings. The van der Waals surface area contributed by atoms with Crippen molar-refractivity contribution in [3.05, 3.63) is 11.6 Å². The van der Waals surface area contributed by atoms with Crippen LogP contribution in [0, 0.1) is 0 Å². The maximum absolute atomic E-state index is 11.4. The van der Waals surface area contributed by atoms with Gasteiger partial charge in [-0.3, -0.25) is 9.59 Å². The number of carbonyl (C=O) groups excluding carboxylic acids is 2. The fourth-order valence-corrected chi connectivity index (χ4v) is 1.43. The number of aliphatic carboxylic acids is 1. The summed E-state index contributed by atoms with van der Waals surface area (Å²) < 4.78 is 0.375. The van der Waals surface area contributed by atoms with Gasteiger partial charge < -0.3 is 25.9 Å². The molecular weight excluding hydrogens is 272 g/mol. The molecule has 9 nitrogen and oxygen atoms in total. The number of carbonyl (C=O) groups is 3. The van der Waals surface area contributed by atoms with Crippen LogP contribution in [0.25, 0.3) is 0 Å². The van der Waals surface area contributed by atoms with E-state index in [1.165, 1.54) is 0 Å². The van der Waals surface area contributed by atoms with Crippen LogP contribution in [0.1, 0.15) is 36.0 Å². The SMILES string of the molecule is NC(=O)c1cc(O)n(OC(=O)CCCCC(=O)O)c1O. The van der Waals surface area contributed by atoms with E-state index in [0.29, 0.717) is 11.2 Å². The first-order valence-corrected chi connectivity index (χ1v) is 5.69. The standard InChI is InChI=1S/C11H14N2O7/c12-10(18)6-5-7(14)13(11(6)19)20-9(17)4-2-1-3-8(15)16/h5,14,19H,1-4H2,(H2,12,18)(H,15,16). The minimum absolute atomic E-state index is 0.0703. The molecule has 110 valence electrons. The number of nitrogens with two attached hydrogens (primary N) is 1. The van der Waals surface area contributed by atoms with Gasteiger partial charge in [-0.1, -0.05) is 0 Å².